The minimum absolute atomic E-state index is 0.0112. The lowest BCUT2D eigenvalue weighted by Gasteiger charge is -2.10. The molecule has 0 radical (unpaired) electrons. The van der Waals surface area contributed by atoms with Gasteiger partial charge in [0.1, 0.15) is 11.3 Å². The molecule has 1 aromatic carbocycles. The van der Waals surface area contributed by atoms with E-state index in [-0.39, 0.29) is 12.3 Å². The molecule has 0 saturated heterocycles. The van der Waals surface area contributed by atoms with E-state index < -0.39 is 0 Å². The topological polar surface area (TPSA) is 58.7 Å². The summed E-state index contributed by atoms with van der Waals surface area (Å²) >= 11 is 0. The molecule has 92 valence electrons. The van der Waals surface area contributed by atoms with Crippen LogP contribution in [0.2, 0.25) is 0 Å². The number of hydrogen-bond acceptors (Lipinski definition) is 3. The lowest BCUT2D eigenvalue weighted by Crippen LogP contribution is -2.27. The molecule has 0 fully saturated rings. The van der Waals surface area contributed by atoms with Crippen molar-refractivity contribution in [2.75, 3.05) is 0 Å². The second-order valence-corrected chi connectivity index (χ2v) is 4.21. The number of aryl methyl sites for hydroxylation is 2. The van der Waals surface area contributed by atoms with E-state index in [0.29, 0.717) is 16.9 Å². The zero-order chi connectivity index (χ0) is 13.1. The molecule has 4 heteroatoms. The first-order valence-corrected chi connectivity index (χ1v) is 5.76. The molecule has 2 rings (SSSR count). The van der Waals surface area contributed by atoms with Crippen LogP contribution >= 0.6 is 0 Å². The summed E-state index contributed by atoms with van der Waals surface area (Å²) < 4.78 is 1.61. The maximum absolute atomic E-state index is 12.1. The number of hydrogen-bond donors (Lipinski definition) is 1. The van der Waals surface area contributed by atoms with Crippen LogP contribution in [-0.2, 0) is 6.54 Å². The van der Waals surface area contributed by atoms with Gasteiger partial charge < -0.3 is 4.57 Å². The highest BCUT2D eigenvalue weighted by molar-refractivity contribution is 5.95. The SMILES string of the molecule is Cc1cc(=N)n(CC(=O)c2ccccc2)c(C)n1. The van der Waals surface area contributed by atoms with Crippen molar-refractivity contribution in [1.29, 1.82) is 5.41 Å². The Hall–Kier alpha value is -2.23. The average molecular weight is 241 g/mol. The number of rotatable bonds is 3. The number of aromatic nitrogens is 2. The average Bonchev–Trinajstić information content (AvgIpc) is 2.34. The van der Waals surface area contributed by atoms with E-state index in [1.165, 1.54) is 0 Å². The highest BCUT2D eigenvalue weighted by atomic mass is 16.1. The van der Waals surface area contributed by atoms with Crippen molar-refractivity contribution in [3.63, 3.8) is 0 Å². The Morgan fingerprint density at radius 1 is 1.28 bits per heavy atom. The maximum Gasteiger partial charge on any atom is 0.182 e. The Balaban J connectivity index is 2.31. The summed E-state index contributed by atoms with van der Waals surface area (Å²) in [6.45, 7) is 3.81. The van der Waals surface area contributed by atoms with E-state index in [2.05, 4.69) is 4.98 Å². The smallest absolute Gasteiger partial charge is 0.182 e. The van der Waals surface area contributed by atoms with E-state index in [4.69, 9.17) is 5.41 Å². The summed E-state index contributed by atoms with van der Waals surface area (Å²) in [6.07, 6.45) is 0. The zero-order valence-electron chi connectivity index (χ0n) is 10.5. The Bertz CT molecular complexity index is 629. The molecule has 1 heterocycles. The molecule has 4 nitrogen and oxygen atoms in total. The van der Waals surface area contributed by atoms with E-state index in [0.717, 1.165) is 5.69 Å². The van der Waals surface area contributed by atoms with Crippen LogP contribution in [0.25, 0.3) is 0 Å². The molecule has 0 aliphatic heterocycles. The largest absolute Gasteiger partial charge is 0.307 e. The lowest BCUT2D eigenvalue weighted by atomic mass is 10.1. The number of ketones is 1. The second kappa shape index (κ2) is 4.96. The third-order valence-corrected chi connectivity index (χ3v) is 2.76. The van der Waals surface area contributed by atoms with Crippen molar-refractivity contribution in [3.8, 4) is 0 Å². The molecule has 0 saturated carbocycles. The molecule has 18 heavy (non-hydrogen) atoms. The normalized spacial score (nSPS) is 10.3. The Morgan fingerprint density at radius 3 is 2.56 bits per heavy atom. The molecule has 0 bridgehead atoms. The molecular weight excluding hydrogens is 226 g/mol. The van der Waals surface area contributed by atoms with Crippen molar-refractivity contribution < 1.29 is 4.79 Å². The number of Topliss-reactive ketones (excluding diaryl/α,β-unsaturated/α-hetero) is 1. The first-order valence-electron chi connectivity index (χ1n) is 5.76. The fraction of sp³-hybridized carbons (Fsp3) is 0.214. The molecule has 0 aliphatic carbocycles. The quantitative estimate of drug-likeness (QED) is 0.834. The maximum atomic E-state index is 12.1. The molecular formula is C14H15N3O. The summed E-state index contributed by atoms with van der Waals surface area (Å²) in [5.41, 5.74) is 1.76. The monoisotopic (exact) mass is 241 g/mol. The number of nitrogens with one attached hydrogen (secondary N) is 1. The fourth-order valence-corrected chi connectivity index (χ4v) is 1.86. The van der Waals surface area contributed by atoms with Crippen molar-refractivity contribution in [2.24, 2.45) is 0 Å². The minimum Gasteiger partial charge on any atom is -0.307 e. The van der Waals surface area contributed by atoms with Gasteiger partial charge in [0.05, 0.1) is 6.54 Å². The summed E-state index contributed by atoms with van der Waals surface area (Å²) in [7, 11) is 0. The van der Waals surface area contributed by atoms with Gasteiger partial charge >= 0.3 is 0 Å². The fourth-order valence-electron chi connectivity index (χ4n) is 1.86. The van der Waals surface area contributed by atoms with E-state index in [1.807, 2.05) is 32.0 Å². The van der Waals surface area contributed by atoms with Crippen molar-refractivity contribution in [2.45, 2.75) is 20.4 Å². The van der Waals surface area contributed by atoms with E-state index >= 15 is 0 Å². The Morgan fingerprint density at radius 2 is 1.94 bits per heavy atom. The molecule has 0 aliphatic rings. The van der Waals surface area contributed by atoms with Crippen LogP contribution in [0.3, 0.4) is 0 Å². The zero-order valence-corrected chi connectivity index (χ0v) is 10.5. The van der Waals surface area contributed by atoms with Gasteiger partial charge in [-0.3, -0.25) is 10.2 Å². The summed E-state index contributed by atoms with van der Waals surface area (Å²) in [6, 6.07) is 10.8. The molecule has 0 spiro atoms. The molecule has 0 unspecified atom stereocenters. The first kappa shape index (κ1) is 12.2. The summed E-state index contributed by atoms with van der Waals surface area (Å²) in [5, 5.41) is 7.88. The van der Waals surface area contributed by atoms with Gasteiger partial charge in [-0.2, -0.15) is 0 Å². The number of nitrogens with zero attached hydrogens (tertiary/aromatic N) is 2. The van der Waals surface area contributed by atoms with Crippen LogP contribution < -0.4 is 5.49 Å². The van der Waals surface area contributed by atoms with Crippen LogP contribution in [0.4, 0.5) is 0 Å². The van der Waals surface area contributed by atoms with Gasteiger partial charge in [0.15, 0.2) is 5.78 Å². The van der Waals surface area contributed by atoms with Gasteiger partial charge in [-0.05, 0) is 13.8 Å². The molecule has 1 aromatic heterocycles. The third kappa shape index (κ3) is 2.53. The molecule has 2 aromatic rings. The predicted molar refractivity (Wildman–Crippen MR) is 68.3 cm³/mol. The van der Waals surface area contributed by atoms with E-state index in [1.54, 1.807) is 22.8 Å². The first-order chi connectivity index (χ1) is 8.58. The number of carbonyl (C=O) groups excluding carboxylic acids is 1. The van der Waals surface area contributed by atoms with Crippen molar-refractivity contribution in [1.82, 2.24) is 9.55 Å². The van der Waals surface area contributed by atoms with Crippen molar-refractivity contribution in [3.05, 3.63) is 59.0 Å². The van der Waals surface area contributed by atoms with Crippen molar-refractivity contribution >= 4 is 5.78 Å². The number of benzene rings is 1. The minimum atomic E-state index is -0.0112. The van der Waals surface area contributed by atoms with Gasteiger partial charge in [-0.1, -0.05) is 30.3 Å². The van der Waals surface area contributed by atoms with Gasteiger partial charge in [-0.25, -0.2) is 4.98 Å². The van der Waals surface area contributed by atoms with Gasteiger partial charge in [-0.15, -0.1) is 0 Å². The van der Waals surface area contributed by atoms with Crippen LogP contribution in [0, 0.1) is 19.3 Å². The lowest BCUT2D eigenvalue weighted by molar-refractivity contribution is 0.0969. The standard InChI is InChI=1S/C14H15N3O/c1-10-8-14(15)17(11(2)16-10)9-13(18)12-6-4-3-5-7-12/h3-8,15H,9H2,1-2H3. The third-order valence-electron chi connectivity index (χ3n) is 2.76. The van der Waals surface area contributed by atoms with Gasteiger partial charge in [0, 0.05) is 17.3 Å². The molecule has 0 atom stereocenters. The molecule has 1 N–H and O–H groups in total. The van der Waals surface area contributed by atoms with Crippen LogP contribution in [0.1, 0.15) is 21.9 Å². The Kier molecular flexibility index (Phi) is 3.37. The van der Waals surface area contributed by atoms with Crippen LogP contribution in [0.5, 0.6) is 0 Å². The van der Waals surface area contributed by atoms with Gasteiger partial charge in [0.25, 0.3) is 0 Å². The summed E-state index contributed by atoms with van der Waals surface area (Å²) in [5.74, 6) is 0.673. The molecule has 0 amide bonds. The number of carbonyl (C=O) groups is 1. The van der Waals surface area contributed by atoms with E-state index in [9.17, 15) is 4.79 Å². The summed E-state index contributed by atoms with van der Waals surface area (Å²) in [4.78, 5) is 16.3. The highest BCUT2D eigenvalue weighted by Gasteiger charge is 2.08. The van der Waals surface area contributed by atoms with Gasteiger partial charge in [0.2, 0.25) is 0 Å². The van der Waals surface area contributed by atoms with Crippen LogP contribution in [0.15, 0.2) is 36.4 Å². The second-order valence-electron chi connectivity index (χ2n) is 4.21. The van der Waals surface area contributed by atoms with Crippen LogP contribution in [-0.4, -0.2) is 15.3 Å². The predicted octanol–water partition coefficient (Wildman–Crippen LogP) is 1.86. The Labute approximate surface area is 105 Å². The highest BCUT2D eigenvalue weighted by Crippen LogP contribution is 2.02.